The van der Waals surface area contributed by atoms with Crippen LogP contribution in [-0.2, 0) is 4.79 Å². The van der Waals surface area contributed by atoms with Gasteiger partial charge in [0.15, 0.2) is 6.61 Å². The molecule has 2 saturated heterocycles. The Labute approximate surface area is 163 Å². The van der Waals surface area contributed by atoms with Crippen LogP contribution < -0.4 is 4.74 Å². The molecule has 0 unspecified atom stereocenters. The maximum Gasteiger partial charge on any atom is 0.260 e. The van der Waals surface area contributed by atoms with E-state index in [2.05, 4.69) is 15.2 Å². The van der Waals surface area contributed by atoms with Gasteiger partial charge in [-0.25, -0.2) is 4.98 Å². The minimum absolute atomic E-state index is 0.00949. The Morgan fingerprint density at radius 2 is 1.89 bits per heavy atom. The predicted octanol–water partition coefficient (Wildman–Crippen LogP) is 1.83. The summed E-state index contributed by atoms with van der Waals surface area (Å²) in [5.74, 6) is 0.698. The van der Waals surface area contributed by atoms with Gasteiger partial charge in [-0.05, 0) is 31.7 Å². The molecule has 0 atom stereocenters. The van der Waals surface area contributed by atoms with E-state index in [-0.39, 0.29) is 24.3 Å². The molecule has 28 heavy (non-hydrogen) atoms. The van der Waals surface area contributed by atoms with E-state index in [1.54, 1.807) is 24.5 Å². The van der Waals surface area contributed by atoms with Gasteiger partial charge in [0, 0.05) is 44.4 Å². The fourth-order valence-electron chi connectivity index (χ4n) is 3.95. The number of pyridine rings is 1. The molecule has 0 radical (unpaired) electrons. The Bertz CT molecular complexity index is 808. The van der Waals surface area contributed by atoms with Gasteiger partial charge in [0.25, 0.3) is 11.8 Å². The highest BCUT2D eigenvalue weighted by atomic mass is 16.5. The number of nitrogens with one attached hydrogen (secondary N) is 1. The van der Waals surface area contributed by atoms with Crippen LogP contribution in [0.4, 0.5) is 0 Å². The van der Waals surface area contributed by atoms with Crippen LogP contribution in [0, 0.1) is 0 Å². The summed E-state index contributed by atoms with van der Waals surface area (Å²) in [6, 6.07) is 5.36. The first-order valence-electron chi connectivity index (χ1n) is 9.86. The summed E-state index contributed by atoms with van der Waals surface area (Å²) in [7, 11) is 0. The average molecular weight is 383 g/mol. The van der Waals surface area contributed by atoms with Gasteiger partial charge in [-0.2, -0.15) is 5.10 Å². The monoisotopic (exact) mass is 383 g/mol. The lowest BCUT2D eigenvalue weighted by Crippen LogP contribution is -2.41. The van der Waals surface area contributed by atoms with Crippen molar-refractivity contribution < 1.29 is 14.3 Å². The van der Waals surface area contributed by atoms with E-state index in [1.165, 1.54) is 0 Å². The van der Waals surface area contributed by atoms with Crippen LogP contribution in [0.5, 0.6) is 5.88 Å². The van der Waals surface area contributed by atoms with Crippen LogP contribution in [0.1, 0.15) is 47.7 Å². The number of aromatic nitrogens is 3. The molecule has 0 aromatic carbocycles. The second kappa shape index (κ2) is 8.41. The molecule has 1 N–H and O–H groups in total. The number of piperidine rings is 1. The number of hydrogen-bond donors (Lipinski definition) is 1. The summed E-state index contributed by atoms with van der Waals surface area (Å²) in [5.41, 5.74) is 1.60. The number of H-pyrrole nitrogens is 1. The van der Waals surface area contributed by atoms with E-state index in [9.17, 15) is 9.59 Å². The Balaban J connectivity index is 1.31. The average Bonchev–Trinajstić information content (AvgIpc) is 3.44. The number of amides is 2. The molecule has 2 aliphatic heterocycles. The number of rotatable bonds is 5. The van der Waals surface area contributed by atoms with E-state index >= 15 is 0 Å². The van der Waals surface area contributed by atoms with Crippen molar-refractivity contribution in [1.82, 2.24) is 25.0 Å². The number of nitrogens with zero attached hydrogens (tertiary/aromatic N) is 4. The van der Waals surface area contributed by atoms with E-state index in [0.717, 1.165) is 44.5 Å². The van der Waals surface area contributed by atoms with Crippen molar-refractivity contribution in [3.8, 4) is 5.88 Å². The third kappa shape index (κ3) is 4.00. The standard InChI is InChI=1S/C20H25N5O3/c26-18(14-28-17-5-1-2-8-21-17)24-11-6-15(7-12-24)19-16(13-22-23-19)20(27)25-9-3-4-10-25/h1-2,5,8,13,15H,3-4,6-7,9-12,14H2,(H,22,23). The molecule has 0 saturated carbocycles. The summed E-state index contributed by atoms with van der Waals surface area (Å²) >= 11 is 0. The van der Waals surface area contributed by atoms with Gasteiger partial charge in [0.2, 0.25) is 5.88 Å². The van der Waals surface area contributed by atoms with Gasteiger partial charge >= 0.3 is 0 Å². The van der Waals surface area contributed by atoms with Crippen molar-refractivity contribution in [3.05, 3.63) is 41.9 Å². The summed E-state index contributed by atoms with van der Waals surface area (Å²) in [4.78, 5) is 32.9. The third-order valence-electron chi connectivity index (χ3n) is 5.53. The fraction of sp³-hybridized carbons (Fsp3) is 0.500. The van der Waals surface area contributed by atoms with Crippen molar-refractivity contribution in [2.24, 2.45) is 0 Å². The SMILES string of the molecule is O=C(COc1ccccn1)N1CCC(c2[nH]ncc2C(=O)N2CCCC2)CC1. The summed E-state index contributed by atoms with van der Waals surface area (Å²) in [5, 5.41) is 7.16. The minimum Gasteiger partial charge on any atom is -0.468 e. The molecular weight excluding hydrogens is 358 g/mol. The molecule has 0 spiro atoms. The fourth-order valence-corrected chi connectivity index (χ4v) is 3.95. The Hall–Kier alpha value is -2.90. The van der Waals surface area contributed by atoms with Crippen LogP contribution in [0.3, 0.4) is 0 Å². The van der Waals surface area contributed by atoms with E-state index < -0.39 is 0 Å². The molecule has 148 valence electrons. The first-order valence-corrected chi connectivity index (χ1v) is 9.86. The van der Waals surface area contributed by atoms with Gasteiger partial charge in [-0.1, -0.05) is 6.07 Å². The molecular formula is C20H25N5O3. The number of hydrogen-bond acceptors (Lipinski definition) is 5. The zero-order valence-corrected chi connectivity index (χ0v) is 15.8. The number of likely N-dealkylation sites (tertiary alicyclic amines) is 2. The smallest absolute Gasteiger partial charge is 0.260 e. The van der Waals surface area contributed by atoms with E-state index in [4.69, 9.17) is 4.74 Å². The van der Waals surface area contributed by atoms with Crippen LogP contribution in [0.25, 0.3) is 0 Å². The molecule has 2 fully saturated rings. The van der Waals surface area contributed by atoms with Gasteiger partial charge in [0.05, 0.1) is 17.5 Å². The van der Waals surface area contributed by atoms with Gasteiger partial charge in [0.1, 0.15) is 0 Å². The molecule has 0 aliphatic carbocycles. The van der Waals surface area contributed by atoms with Gasteiger partial charge in [-0.3, -0.25) is 14.7 Å². The molecule has 2 aromatic heterocycles. The van der Waals surface area contributed by atoms with Crippen LogP contribution >= 0.6 is 0 Å². The van der Waals surface area contributed by atoms with Crippen LogP contribution in [0.2, 0.25) is 0 Å². The summed E-state index contributed by atoms with van der Waals surface area (Å²) in [6.45, 7) is 2.93. The number of carbonyl (C=O) groups is 2. The molecule has 2 aliphatic rings. The lowest BCUT2D eigenvalue weighted by Gasteiger charge is -2.32. The van der Waals surface area contributed by atoms with Crippen molar-refractivity contribution in [3.63, 3.8) is 0 Å². The molecule has 4 rings (SSSR count). The van der Waals surface area contributed by atoms with Crippen molar-refractivity contribution in [1.29, 1.82) is 0 Å². The maximum atomic E-state index is 12.7. The Kier molecular flexibility index (Phi) is 5.55. The minimum atomic E-state index is -0.0397. The lowest BCUT2D eigenvalue weighted by molar-refractivity contribution is -0.134. The number of aromatic amines is 1. The second-order valence-corrected chi connectivity index (χ2v) is 7.31. The largest absolute Gasteiger partial charge is 0.468 e. The highest BCUT2D eigenvalue weighted by molar-refractivity contribution is 5.95. The summed E-state index contributed by atoms with van der Waals surface area (Å²) < 4.78 is 5.46. The Morgan fingerprint density at radius 1 is 1.11 bits per heavy atom. The molecule has 0 bridgehead atoms. The predicted molar refractivity (Wildman–Crippen MR) is 102 cm³/mol. The number of carbonyl (C=O) groups excluding carboxylic acids is 2. The molecule has 2 amide bonds. The van der Waals surface area contributed by atoms with E-state index in [1.807, 2.05) is 15.9 Å². The maximum absolute atomic E-state index is 12.7. The van der Waals surface area contributed by atoms with Crippen molar-refractivity contribution in [2.75, 3.05) is 32.8 Å². The van der Waals surface area contributed by atoms with Gasteiger partial charge in [-0.15, -0.1) is 0 Å². The first kappa shape index (κ1) is 18.5. The van der Waals surface area contributed by atoms with E-state index in [0.29, 0.717) is 24.5 Å². The Morgan fingerprint density at radius 3 is 2.61 bits per heavy atom. The molecule has 8 heteroatoms. The highest BCUT2D eigenvalue weighted by Crippen LogP contribution is 2.30. The van der Waals surface area contributed by atoms with Crippen molar-refractivity contribution in [2.45, 2.75) is 31.6 Å². The molecule has 8 nitrogen and oxygen atoms in total. The van der Waals surface area contributed by atoms with Crippen LogP contribution in [0.15, 0.2) is 30.6 Å². The second-order valence-electron chi connectivity index (χ2n) is 7.31. The van der Waals surface area contributed by atoms with Gasteiger partial charge < -0.3 is 14.5 Å². The first-order chi connectivity index (χ1) is 13.7. The van der Waals surface area contributed by atoms with Crippen molar-refractivity contribution >= 4 is 11.8 Å². The quantitative estimate of drug-likeness (QED) is 0.850. The molecule has 2 aromatic rings. The zero-order chi connectivity index (χ0) is 19.3. The van der Waals surface area contributed by atoms with Crippen LogP contribution in [-0.4, -0.2) is 69.6 Å². The zero-order valence-electron chi connectivity index (χ0n) is 15.8. The topological polar surface area (TPSA) is 91.4 Å². The lowest BCUT2D eigenvalue weighted by atomic mass is 9.91. The molecule has 4 heterocycles. The summed E-state index contributed by atoms with van der Waals surface area (Å²) in [6.07, 6.45) is 7.03. The third-order valence-corrected chi connectivity index (χ3v) is 5.53. The number of ether oxygens (including phenoxy) is 1. The highest BCUT2D eigenvalue weighted by Gasteiger charge is 2.30. The normalized spacial score (nSPS) is 17.7.